The quantitative estimate of drug-likeness (QED) is 0.413. The van der Waals surface area contributed by atoms with Gasteiger partial charge in [-0.15, -0.1) is 0 Å². The fourth-order valence-corrected chi connectivity index (χ4v) is 2.70. The van der Waals surface area contributed by atoms with Crippen molar-refractivity contribution in [2.75, 3.05) is 7.11 Å². The molecule has 4 atom stereocenters. The summed E-state index contributed by atoms with van der Waals surface area (Å²) in [6.07, 6.45) is 2.32. The van der Waals surface area contributed by atoms with Gasteiger partial charge < -0.3 is 4.74 Å². The van der Waals surface area contributed by atoms with Crippen LogP contribution in [0.4, 0.5) is 0 Å². The van der Waals surface area contributed by atoms with E-state index in [1.54, 1.807) is 6.92 Å². The van der Waals surface area contributed by atoms with Gasteiger partial charge in [-0.2, -0.15) is 0 Å². The summed E-state index contributed by atoms with van der Waals surface area (Å²) in [6, 6.07) is 0. The van der Waals surface area contributed by atoms with Crippen molar-refractivity contribution < 1.29 is 63.7 Å². The Balaban J connectivity index is 0.00000128. The van der Waals surface area contributed by atoms with Gasteiger partial charge in [-0.05, 0) is 25.7 Å². The van der Waals surface area contributed by atoms with Crippen molar-refractivity contribution in [3.8, 4) is 0 Å². The van der Waals surface area contributed by atoms with Crippen LogP contribution < -0.4 is 0 Å². The molecule has 0 bridgehead atoms. The SMILES string of the molecule is COC(C)(OO)C1CC(=O)C2(C)CC2C1.[Ac]. The smallest absolute Gasteiger partial charge is 0.201 e. The molecule has 1 N–H and O–H groups in total. The van der Waals surface area contributed by atoms with Crippen LogP contribution in [0, 0.1) is 61.3 Å². The average molecular weight is 441 g/mol. The number of hydrogen-bond donors (Lipinski definition) is 1. The van der Waals surface area contributed by atoms with E-state index in [1.165, 1.54) is 7.11 Å². The number of rotatable bonds is 3. The summed E-state index contributed by atoms with van der Waals surface area (Å²) >= 11 is 0. The van der Waals surface area contributed by atoms with Gasteiger partial charge in [0.15, 0.2) is 0 Å². The second kappa shape index (κ2) is 4.93. The maximum absolute atomic E-state index is 11.9. The maximum atomic E-state index is 11.9. The Morgan fingerprint density at radius 3 is 2.62 bits per heavy atom. The van der Waals surface area contributed by atoms with Gasteiger partial charge in [-0.3, -0.25) is 4.79 Å². The molecule has 0 spiro atoms. The summed E-state index contributed by atoms with van der Waals surface area (Å²) < 4.78 is 5.15. The van der Waals surface area contributed by atoms with Crippen molar-refractivity contribution >= 4 is 5.78 Å². The zero-order chi connectivity index (χ0) is 11.3. The molecule has 0 saturated heterocycles. The third kappa shape index (κ3) is 2.27. The Morgan fingerprint density at radius 2 is 2.19 bits per heavy atom. The maximum Gasteiger partial charge on any atom is 0.201 e. The number of ether oxygens (including phenoxy) is 1. The minimum atomic E-state index is -1.04. The van der Waals surface area contributed by atoms with Gasteiger partial charge in [0.1, 0.15) is 5.78 Å². The van der Waals surface area contributed by atoms with Crippen LogP contribution in [0.15, 0.2) is 0 Å². The predicted octanol–water partition coefficient (Wildman–Crippen LogP) is 1.84. The van der Waals surface area contributed by atoms with E-state index in [4.69, 9.17) is 9.99 Å². The van der Waals surface area contributed by atoms with Crippen molar-refractivity contribution in [2.24, 2.45) is 17.3 Å². The van der Waals surface area contributed by atoms with Crippen molar-refractivity contribution in [1.82, 2.24) is 0 Å². The summed E-state index contributed by atoms with van der Waals surface area (Å²) in [5.41, 5.74) is -0.0827. The fraction of sp³-hybridized carbons (Fsp3) is 0.909. The van der Waals surface area contributed by atoms with Crippen LogP contribution in [0.1, 0.15) is 33.1 Å². The number of carbonyl (C=O) groups excluding carboxylic acids is 1. The molecule has 89 valence electrons. The van der Waals surface area contributed by atoms with Gasteiger partial charge >= 0.3 is 0 Å². The molecular formula is C11H18AcO4. The van der Waals surface area contributed by atoms with Crippen LogP contribution in [-0.4, -0.2) is 23.9 Å². The first kappa shape index (κ1) is 15.1. The molecule has 0 aromatic rings. The van der Waals surface area contributed by atoms with E-state index in [0.29, 0.717) is 12.3 Å². The number of carbonyl (C=O) groups is 1. The molecule has 5 heteroatoms. The first-order chi connectivity index (χ1) is 6.96. The van der Waals surface area contributed by atoms with Gasteiger partial charge in [0, 0.05) is 68.9 Å². The normalized spacial score (nSPS) is 40.6. The monoisotopic (exact) mass is 441 g/mol. The van der Waals surface area contributed by atoms with Crippen LogP contribution in [0.2, 0.25) is 0 Å². The Kier molecular flexibility index (Phi) is 4.64. The first-order valence-electron chi connectivity index (χ1n) is 5.37. The van der Waals surface area contributed by atoms with Crippen LogP contribution in [0.3, 0.4) is 0 Å². The summed E-state index contributed by atoms with van der Waals surface area (Å²) in [4.78, 5) is 16.3. The summed E-state index contributed by atoms with van der Waals surface area (Å²) in [5.74, 6) is -0.349. The third-order valence-corrected chi connectivity index (χ3v) is 4.38. The van der Waals surface area contributed by atoms with Crippen molar-refractivity contribution in [2.45, 2.75) is 38.9 Å². The molecule has 0 aromatic heterocycles. The van der Waals surface area contributed by atoms with Gasteiger partial charge in [-0.1, -0.05) is 6.92 Å². The molecule has 2 aliphatic carbocycles. The van der Waals surface area contributed by atoms with Crippen molar-refractivity contribution in [3.63, 3.8) is 0 Å². The molecule has 2 fully saturated rings. The molecule has 2 rings (SSSR count). The van der Waals surface area contributed by atoms with Crippen LogP contribution >= 0.6 is 0 Å². The van der Waals surface area contributed by atoms with E-state index in [9.17, 15) is 4.79 Å². The third-order valence-electron chi connectivity index (χ3n) is 4.38. The van der Waals surface area contributed by atoms with Crippen LogP contribution in [0.5, 0.6) is 0 Å². The number of Topliss-reactive ketones (excluding diaryl/α,β-unsaturated/α-hetero) is 1. The zero-order valence-corrected chi connectivity index (χ0v) is 14.8. The van der Waals surface area contributed by atoms with Crippen molar-refractivity contribution in [1.29, 1.82) is 0 Å². The Bertz CT molecular complexity index is 290. The number of fused-ring (bicyclic) bond motifs is 1. The number of ketones is 1. The molecule has 0 amide bonds. The van der Waals surface area contributed by atoms with Gasteiger partial charge in [0.05, 0.1) is 0 Å². The van der Waals surface area contributed by atoms with Gasteiger partial charge in [-0.25, -0.2) is 10.1 Å². The molecule has 0 aromatic carbocycles. The molecule has 16 heavy (non-hydrogen) atoms. The molecule has 4 nitrogen and oxygen atoms in total. The van der Waals surface area contributed by atoms with E-state index < -0.39 is 5.79 Å². The molecular weight excluding hydrogens is 423 g/mol. The predicted molar refractivity (Wildman–Crippen MR) is 53.1 cm³/mol. The number of hydrogen-bond acceptors (Lipinski definition) is 4. The van der Waals surface area contributed by atoms with E-state index in [-0.39, 0.29) is 61.2 Å². The Hall–Kier alpha value is 0.992. The summed E-state index contributed by atoms with van der Waals surface area (Å²) in [7, 11) is 1.49. The van der Waals surface area contributed by atoms with Crippen LogP contribution in [0.25, 0.3) is 0 Å². The number of methoxy groups -OCH3 is 1. The average Bonchev–Trinajstić information content (AvgIpc) is 2.90. The molecule has 0 heterocycles. The van der Waals surface area contributed by atoms with Gasteiger partial charge in [0.2, 0.25) is 5.79 Å². The summed E-state index contributed by atoms with van der Waals surface area (Å²) in [5, 5.41) is 8.85. The molecule has 2 saturated carbocycles. The summed E-state index contributed by atoms with van der Waals surface area (Å²) in [6.45, 7) is 3.70. The minimum absolute atomic E-state index is 0. The second-order valence-electron chi connectivity index (χ2n) is 5.19. The largest absolute Gasteiger partial charge is 0.351 e. The zero-order valence-electron chi connectivity index (χ0n) is 10.0. The van der Waals surface area contributed by atoms with Gasteiger partial charge in [0.25, 0.3) is 0 Å². The fourth-order valence-electron chi connectivity index (χ4n) is 2.70. The second-order valence-corrected chi connectivity index (χ2v) is 5.19. The van der Waals surface area contributed by atoms with E-state index in [2.05, 4.69) is 4.89 Å². The van der Waals surface area contributed by atoms with E-state index in [0.717, 1.165) is 12.8 Å². The molecule has 0 aliphatic heterocycles. The topological polar surface area (TPSA) is 55.8 Å². The molecule has 2 aliphatic rings. The van der Waals surface area contributed by atoms with E-state index in [1.807, 2.05) is 6.92 Å². The molecule has 1 radical (unpaired) electrons. The Labute approximate surface area is 132 Å². The molecule has 4 unspecified atom stereocenters. The standard InChI is InChI=1S/C11H18O4.Ac/c1-10-6-8(10)4-7(5-9(10)12)11(2,14-3)15-13;/h7-8,13H,4-6H2,1-3H3;. The van der Waals surface area contributed by atoms with Crippen molar-refractivity contribution in [3.05, 3.63) is 0 Å². The first-order valence-corrected chi connectivity index (χ1v) is 5.37. The minimum Gasteiger partial charge on any atom is -0.351 e. The Morgan fingerprint density at radius 1 is 1.56 bits per heavy atom. The van der Waals surface area contributed by atoms with Crippen LogP contribution in [-0.2, 0) is 14.4 Å². The van der Waals surface area contributed by atoms with E-state index >= 15 is 0 Å².